The highest BCUT2D eigenvalue weighted by molar-refractivity contribution is 6.02. The van der Waals surface area contributed by atoms with Gasteiger partial charge in [-0.3, -0.25) is 4.79 Å². The number of benzene rings is 1. The first kappa shape index (κ1) is 14.5. The van der Waals surface area contributed by atoms with Crippen molar-refractivity contribution < 1.29 is 18.7 Å². The number of anilines is 1. The number of hydrogen-bond acceptors (Lipinski definition) is 4. The zero-order valence-electron chi connectivity index (χ0n) is 11.2. The number of carbonyl (C=O) groups excluding carboxylic acids is 2. The van der Waals surface area contributed by atoms with Crippen molar-refractivity contribution in [3.8, 4) is 0 Å². The zero-order chi connectivity index (χ0) is 14.5. The first-order valence-corrected chi connectivity index (χ1v) is 6.54. The summed E-state index contributed by atoms with van der Waals surface area (Å²) < 4.78 is 17.8. The fraction of sp³-hybridized carbons (Fsp3) is 0.429. The van der Waals surface area contributed by atoms with Gasteiger partial charge >= 0.3 is 5.97 Å². The van der Waals surface area contributed by atoms with Crippen molar-refractivity contribution in [2.24, 2.45) is 0 Å². The maximum atomic E-state index is 13.2. The van der Waals surface area contributed by atoms with Gasteiger partial charge in [0, 0.05) is 0 Å². The molecular formula is C14H17FN2O3. The number of carbonyl (C=O) groups is 2. The summed E-state index contributed by atoms with van der Waals surface area (Å²) in [5.74, 6) is -1.46. The van der Waals surface area contributed by atoms with Crippen LogP contribution in [-0.2, 0) is 9.53 Å². The molecule has 1 fully saturated rings. The van der Waals surface area contributed by atoms with Crippen LogP contribution in [0.5, 0.6) is 0 Å². The quantitative estimate of drug-likeness (QED) is 0.827. The Morgan fingerprint density at radius 3 is 2.85 bits per heavy atom. The van der Waals surface area contributed by atoms with Gasteiger partial charge in [0.1, 0.15) is 5.82 Å². The SMILES string of the molecule is COC(=O)c1cc(F)ccc1NC(=O)[C@@H]1CCCCN1. The summed E-state index contributed by atoms with van der Waals surface area (Å²) in [6.45, 7) is 0.797. The second kappa shape index (κ2) is 6.47. The van der Waals surface area contributed by atoms with Gasteiger partial charge in [0.15, 0.2) is 0 Å². The first-order chi connectivity index (χ1) is 9.61. The van der Waals surface area contributed by atoms with Crippen molar-refractivity contribution in [1.82, 2.24) is 5.32 Å². The minimum absolute atomic E-state index is 0.0108. The molecule has 20 heavy (non-hydrogen) atoms. The molecule has 1 amide bonds. The van der Waals surface area contributed by atoms with Crippen LogP contribution in [0, 0.1) is 5.82 Å². The maximum Gasteiger partial charge on any atom is 0.340 e. The molecule has 1 saturated heterocycles. The van der Waals surface area contributed by atoms with Gasteiger partial charge in [-0.25, -0.2) is 9.18 Å². The van der Waals surface area contributed by atoms with Crippen LogP contribution < -0.4 is 10.6 Å². The lowest BCUT2D eigenvalue weighted by Gasteiger charge is -2.23. The molecule has 0 bridgehead atoms. The van der Waals surface area contributed by atoms with E-state index in [4.69, 9.17) is 0 Å². The lowest BCUT2D eigenvalue weighted by Crippen LogP contribution is -2.43. The number of hydrogen-bond donors (Lipinski definition) is 2. The second-order valence-electron chi connectivity index (χ2n) is 4.67. The van der Waals surface area contributed by atoms with Crippen molar-refractivity contribution in [2.45, 2.75) is 25.3 Å². The standard InChI is InChI=1S/C14H17FN2O3/c1-20-14(19)10-8-9(15)5-6-11(10)17-13(18)12-4-2-3-7-16-12/h5-6,8,12,16H,2-4,7H2,1H3,(H,17,18)/t12-/m0/s1. The summed E-state index contributed by atoms with van der Waals surface area (Å²) in [6, 6.07) is 3.33. The lowest BCUT2D eigenvalue weighted by molar-refractivity contribution is -0.118. The molecule has 1 atom stereocenters. The minimum atomic E-state index is -0.684. The largest absolute Gasteiger partial charge is 0.465 e. The number of esters is 1. The average molecular weight is 280 g/mol. The van der Waals surface area contributed by atoms with Gasteiger partial charge in [-0.05, 0) is 37.6 Å². The highest BCUT2D eigenvalue weighted by Gasteiger charge is 2.22. The molecule has 6 heteroatoms. The average Bonchev–Trinajstić information content (AvgIpc) is 2.49. The van der Waals surface area contributed by atoms with E-state index in [0.29, 0.717) is 0 Å². The van der Waals surface area contributed by atoms with Gasteiger partial charge in [0.05, 0.1) is 24.4 Å². The summed E-state index contributed by atoms with van der Waals surface area (Å²) in [6.07, 6.45) is 2.78. The molecule has 108 valence electrons. The van der Waals surface area contributed by atoms with E-state index in [1.54, 1.807) is 0 Å². The molecule has 1 aromatic rings. The van der Waals surface area contributed by atoms with Crippen LogP contribution in [0.4, 0.5) is 10.1 Å². The van der Waals surface area contributed by atoms with Crippen LogP contribution in [-0.4, -0.2) is 31.6 Å². The molecule has 0 unspecified atom stereocenters. The number of nitrogens with one attached hydrogen (secondary N) is 2. The van der Waals surface area contributed by atoms with E-state index < -0.39 is 11.8 Å². The molecule has 1 aliphatic rings. The number of methoxy groups -OCH3 is 1. The van der Waals surface area contributed by atoms with Crippen molar-refractivity contribution in [3.05, 3.63) is 29.6 Å². The summed E-state index contributed by atoms with van der Waals surface area (Å²) in [5.41, 5.74) is 0.271. The van der Waals surface area contributed by atoms with Crippen molar-refractivity contribution in [3.63, 3.8) is 0 Å². The van der Waals surface area contributed by atoms with E-state index in [9.17, 15) is 14.0 Å². The third-order valence-corrected chi connectivity index (χ3v) is 3.27. The Morgan fingerprint density at radius 2 is 2.20 bits per heavy atom. The van der Waals surface area contributed by atoms with Crippen LogP contribution in [0.15, 0.2) is 18.2 Å². The molecule has 2 rings (SSSR count). The van der Waals surface area contributed by atoms with Gasteiger partial charge in [-0.1, -0.05) is 6.42 Å². The number of piperidine rings is 1. The van der Waals surface area contributed by atoms with Crippen LogP contribution >= 0.6 is 0 Å². The predicted molar refractivity (Wildman–Crippen MR) is 72.0 cm³/mol. The van der Waals surface area contributed by atoms with Gasteiger partial charge in [0.25, 0.3) is 0 Å². The van der Waals surface area contributed by atoms with E-state index in [1.165, 1.54) is 19.2 Å². The molecule has 0 aliphatic carbocycles. The molecule has 0 aromatic heterocycles. The number of rotatable bonds is 3. The Hall–Kier alpha value is -1.95. The summed E-state index contributed by atoms with van der Waals surface area (Å²) >= 11 is 0. The smallest absolute Gasteiger partial charge is 0.340 e. The Labute approximate surface area is 116 Å². The third kappa shape index (κ3) is 3.33. The van der Waals surface area contributed by atoms with E-state index in [1.807, 2.05) is 0 Å². The fourth-order valence-electron chi connectivity index (χ4n) is 2.20. The fourth-order valence-corrected chi connectivity index (χ4v) is 2.20. The molecule has 2 N–H and O–H groups in total. The highest BCUT2D eigenvalue weighted by Crippen LogP contribution is 2.19. The first-order valence-electron chi connectivity index (χ1n) is 6.54. The van der Waals surface area contributed by atoms with E-state index >= 15 is 0 Å². The Bertz CT molecular complexity index is 513. The van der Waals surface area contributed by atoms with Crippen LogP contribution in [0.3, 0.4) is 0 Å². The molecular weight excluding hydrogens is 263 g/mol. The van der Waals surface area contributed by atoms with Crippen LogP contribution in [0.2, 0.25) is 0 Å². The van der Waals surface area contributed by atoms with E-state index in [2.05, 4.69) is 15.4 Å². The van der Waals surface area contributed by atoms with Crippen molar-refractivity contribution in [1.29, 1.82) is 0 Å². The van der Waals surface area contributed by atoms with Gasteiger partial charge in [0.2, 0.25) is 5.91 Å². The number of amides is 1. The van der Waals surface area contributed by atoms with Crippen LogP contribution in [0.25, 0.3) is 0 Å². The molecule has 0 spiro atoms. The van der Waals surface area contributed by atoms with Gasteiger partial charge in [-0.2, -0.15) is 0 Å². The third-order valence-electron chi connectivity index (χ3n) is 3.27. The maximum absolute atomic E-state index is 13.2. The summed E-state index contributed by atoms with van der Waals surface area (Å²) in [5, 5.41) is 5.76. The predicted octanol–water partition coefficient (Wildman–Crippen LogP) is 1.69. The Morgan fingerprint density at radius 1 is 1.40 bits per heavy atom. The highest BCUT2D eigenvalue weighted by atomic mass is 19.1. The molecule has 0 saturated carbocycles. The molecule has 1 heterocycles. The lowest BCUT2D eigenvalue weighted by atomic mass is 10.0. The van der Waals surface area contributed by atoms with Crippen molar-refractivity contribution in [2.75, 3.05) is 19.0 Å². The Balaban J connectivity index is 2.15. The molecule has 1 aromatic carbocycles. The Kier molecular flexibility index (Phi) is 4.68. The zero-order valence-corrected chi connectivity index (χ0v) is 11.2. The molecule has 1 aliphatic heterocycles. The van der Waals surface area contributed by atoms with Crippen LogP contribution in [0.1, 0.15) is 29.6 Å². The summed E-state index contributed by atoms with van der Waals surface area (Å²) in [4.78, 5) is 23.7. The van der Waals surface area contributed by atoms with Gasteiger partial charge < -0.3 is 15.4 Å². The van der Waals surface area contributed by atoms with Crippen molar-refractivity contribution >= 4 is 17.6 Å². The second-order valence-corrected chi connectivity index (χ2v) is 4.67. The monoisotopic (exact) mass is 280 g/mol. The van der Waals surface area contributed by atoms with E-state index in [0.717, 1.165) is 31.9 Å². The topological polar surface area (TPSA) is 67.4 Å². The molecule has 5 nitrogen and oxygen atoms in total. The molecule has 0 radical (unpaired) electrons. The number of halogens is 1. The van der Waals surface area contributed by atoms with Gasteiger partial charge in [-0.15, -0.1) is 0 Å². The number of ether oxygens (including phenoxy) is 1. The van der Waals surface area contributed by atoms with E-state index in [-0.39, 0.29) is 23.2 Å². The minimum Gasteiger partial charge on any atom is -0.465 e. The summed E-state index contributed by atoms with van der Waals surface area (Å²) in [7, 11) is 1.21. The normalized spacial score (nSPS) is 18.4.